The summed E-state index contributed by atoms with van der Waals surface area (Å²) in [7, 11) is 0. The van der Waals surface area contributed by atoms with Gasteiger partial charge in [0.25, 0.3) is 5.79 Å². The van der Waals surface area contributed by atoms with Crippen molar-refractivity contribution in [2.75, 3.05) is 13.1 Å². The average molecular weight is 229 g/mol. The maximum absolute atomic E-state index is 4.47. The first-order valence-electron chi connectivity index (χ1n) is 6.04. The van der Waals surface area contributed by atoms with Gasteiger partial charge in [-0.1, -0.05) is 12.5 Å². The van der Waals surface area contributed by atoms with E-state index in [1.165, 1.54) is 25.6 Å². The topological polar surface area (TPSA) is 53.2 Å². The zero-order valence-corrected chi connectivity index (χ0v) is 9.66. The lowest BCUT2D eigenvalue weighted by atomic mass is 10.1. The van der Waals surface area contributed by atoms with Gasteiger partial charge in [-0.25, -0.2) is 4.99 Å². The van der Waals surface area contributed by atoms with Gasteiger partial charge in [-0.15, -0.1) is 10.2 Å². The van der Waals surface area contributed by atoms with Crippen molar-refractivity contribution in [3.63, 3.8) is 0 Å². The molecule has 1 aromatic heterocycles. The van der Waals surface area contributed by atoms with E-state index in [9.17, 15) is 0 Å². The Morgan fingerprint density at radius 1 is 1.12 bits per heavy atom. The van der Waals surface area contributed by atoms with Gasteiger partial charge in [-0.3, -0.25) is 9.88 Å². The summed E-state index contributed by atoms with van der Waals surface area (Å²) in [6, 6.07) is 5.84. The van der Waals surface area contributed by atoms with Crippen LogP contribution in [-0.2, 0) is 5.79 Å². The number of aromatic nitrogens is 1. The summed E-state index contributed by atoms with van der Waals surface area (Å²) < 4.78 is 0. The Morgan fingerprint density at radius 3 is 2.65 bits per heavy atom. The molecule has 2 aliphatic heterocycles. The zero-order chi connectivity index (χ0) is 11.6. The van der Waals surface area contributed by atoms with E-state index in [-0.39, 0.29) is 0 Å². The van der Waals surface area contributed by atoms with E-state index in [1.54, 1.807) is 6.20 Å². The van der Waals surface area contributed by atoms with E-state index in [0.717, 1.165) is 18.8 Å². The van der Waals surface area contributed by atoms with E-state index < -0.39 is 5.79 Å². The first-order chi connectivity index (χ1) is 8.42. The second-order valence-electron chi connectivity index (χ2n) is 4.36. The summed E-state index contributed by atoms with van der Waals surface area (Å²) >= 11 is 0. The lowest BCUT2D eigenvalue weighted by molar-refractivity contribution is 0.0737. The maximum atomic E-state index is 4.47. The Hall–Kier alpha value is -1.62. The lowest BCUT2D eigenvalue weighted by Crippen LogP contribution is -2.45. The van der Waals surface area contributed by atoms with Gasteiger partial charge in [0.05, 0.1) is 0 Å². The molecular weight excluding hydrogens is 214 g/mol. The number of nitrogens with zero attached hydrogens (tertiary/aromatic N) is 5. The molecule has 3 rings (SSSR count). The summed E-state index contributed by atoms with van der Waals surface area (Å²) in [4.78, 5) is 11.1. The van der Waals surface area contributed by atoms with Gasteiger partial charge >= 0.3 is 0 Å². The monoisotopic (exact) mass is 229 g/mol. The molecular formula is C12H15N5. The van der Waals surface area contributed by atoms with Gasteiger partial charge in [0.1, 0.15) is 12.0 Å². The van der Waals surface area contributed by atoms with Crippen LogP contribution in [0.4, 0.5) is 0 Å². The van der Waals surface area contributed by atoms with Crippen molar-refractivity contribution >= 4 is 6.34 Å². The van der Waals surface area contributed by atoms with Gasteiger partial charge in [-0.05, 0) is 25.0 Å². The molecule has 1 fully saturated rings. The highest BCUT2D eigenvalue weighted by molar-refractivity contribution is 5.57. The average Bonchev–Trinajstić information content (AvgIpc) is 2.91. The van der Waals surface area contributed by atoms with Crippen molar-refractivity contribution in [1.29, 1.82) is 0 Å². The van der Waals surface area contributed by atoms with Crippen LogP contribution in [0.2, 0.25) is 0 Å². The SMILES string of the molecule is C1=NC(c2ccccn2)(N2CCCCC2)N=N1. The Bertz CT molecular complexity index is 421. The molecule has 0 aliphatic carbocycles. The summed E-state index contributed by atoms with van der Waals surface area (Å²) in [6.07, 6.45) is 6.99. The minimum Gasteiger partial charge on any atom is -0.255 e. The molecule has 17 heavy (non-hydrogen) atoms. The van der Waals surface area contributed by atoms with Crippen LogP contribution in [0.3, 0.4) is 0 Å². The van der Waals surface area contributed by atoms with Crippen LogP contribution in [0.25, 0.3) is 0 Å². The minimum absolute atomic E-state index is 0.693. The van der Waals surface area contributed by atoms with Crippen LogP contribution in [0.1, 0.15) is 25.0 Å². The highest BCUT2D eigenvalue weighted by atomic mass is 15.5. The molecule has 0 amide bonds. The predicted octanol–water partition coefficient (Wildman–Crippen LogP) is 2.17. The Balaban J connectivity index is 1.99. The van der Waals surface area contributed by atoms with Gasteiger partial charge in [0, 0.05) is 19.3 Å². The van der Waals surface area contributed by atoms with Crippen LogP contribution in [0.5, 0.6) is 0 Å². The highest BCUT2D eigenvalue weighted by Crippen LogP contribution is 2.35. The smallest absolute Gasteiger partial charge is 0.255 e. The third kappa shape index (κ3) is 1.76. The maximum Gasteiger partial charge on any atom is 0.271 e. The molecule has 1 unspecified atom stereocenters. The first-order valence-corrected chi connectivity index (χ1v) is 6.04. The molecule has 0 spiro atoms. The lowest BCUT2D eigenvalue weighted by Gasteiger charge is -2.36. The van der Waals surface area contributed by atoms with Crippen molar-refractivity contribution in [3.8, 4) is 0 Å². The standard InChI is InChI=1S/C12H15N5/c1-4-8-17(9-5-1)12(14-10-15-16-12)11-6-2-3-7-13-11/h2-3,6-7,10H,1,4-5,8-9H2. The Labute approximate surface area is 100 Å². The number of hydrogen-bond acceptors (Lipinski definition) is 5. The molecule has 1 aromatic rings. The van der Waals surface area contributed by atoms with Crippen LogP contribution in [0.15, 0.2) is 39.6 Å². The third-order valence-corrected chi connectivity index (χ3v) is 3.29. The summed E-state index contributed by atoms with van der Waals surface area (Å²) in [5.74, 6) is -0.693. The molecule has 2 aliphatic rings. The predicted molar refractivity (Wildman–Crippen MR) is 64.7 cm³/mol. The van der Waals surface area contributed by atoms with Crippen molar-refractivity contribution < 1.29 is 0 Å². The Kier molecular flexibility index (Phi) is 2.68. The van der Waals surface area contributed by atoms with Crippen LogP contribution in [-0.4, -0.2) is 29.3 Å². The van der Waals surface area contributed by atoms with Gasteiger partial charge in [0.2, 0.25) is 0 Å². The second-order valence-corrected chi connectivity index (χ2v) is 4.36. The molecule has 1 atom stereocenters. The Morgan fingerprint density at radius 2 is 2.00 bits per heavy atom. The van der Waals surface area contributed by atoms with E-state index in [0.29, 0.717) is 0 Å². The van der Waals surface area contributed by atoms with E-state index in [4.69, 9.17) is 0 Å². The number of azo groups is 1. The number of piperidine rings is 1. The van der Waals surface area contributed by atoms with Crippen molar-refractivity contribution in [1.82, 2.24) is 9.88 Å². The highest BCUT2D eigenvalue weighted by Gasteiger charge is 2.42. The summed E-state index contributed by atoms with van der Waals surface area (Å²) in [5.41, 5.74) is 0.861. The molecule has 0 aromatic carbocycles. The molecule has 88 valence electrons. The number of aliphatic imine (C=N–C) groups is 1. The van der Waals surface area contributed by atoms with Crippen LogP contribution < -0.4 is 0 Å². The largest absolute Gasteiger partial charge is 0.271 e. The quantitative estimate of drug-likeness (QED) is 0.780. The summed E-state index contributed by atoms with van der Waals surface area (Å²) in [6.45, 7) is 2.01. The fraction of sp³-hybridized carbons (Fsp3) is 0.500. The fourth-order valence-corrected chi connectivity index (χ4v) is 2.43. The van der Waals surface area contributed by atoms with Gasteiger partial charge in [0.15, 0.2) is 0 Å². The molecule has 5 heteroatoms. The third-order valence-electron chi connectivity index (χ3n) is 3.29. The molecule has 0 radical (unpaired) electrons. The normalized spacial score (nSPS) is 28.7. The van der Waals surface area contributed by atoms with Crippen molar-refractivity contribution in [2.45, 2.75) is 25.0 Å². The zero-order valence-electron chi connectivity index (χ0n) is 9.66. The van der Waals surface area contributed by atoms with Crippen molar-refractivity contribution in [2.24, 2.45) is 15.2 Å². The fourth-order valence-electron chi connectivity index (χ4n) is 2.43. The number of hydrogen-bond donors (Lipinski definition) is 0. The number of rotatable bonds is 2. The van der Waals surface area contributed by atoms with Gasteiger partial charge < -0.3 is 0 Å². The molecule has 0 N–H and O–H groups in total. The molecule has 5 nitrogen and oxygen atoms in total. The number of pyridine rings is 1. The van der Waals surface area contributed by atoms with Crippen LogP contribution >= 0.6 is 0 Å². The van der Waals surface area contributed by atoms with Gasteiger partial charge in [-0.2, -0.15) is 0 Å². The second kappa shape index (κ2) is 4.33. The van der Waals surface area contributed by atoms with Crippen molar-refractivity contribution in [3.05, 3.63) is 30.1 Å². The summed E-state index contributed by atoms with van der Waals surface area (Å²) in [5, 5.41) is 8.27. The minimum atomic E-state index is -0.693. The molecule has 0 saturated carbocycles. The molecule has 3 heterocycles. The first kappa shape index (κ1) is 10.5. The molecule has 1 saturated heterocycles. The van der Waals surface area contributed by atoms with E-state index >= 15 is 0 Å². The van der Waals surface area contributed by atoms with E-state index in [2.05, 4.69) is 25.1 Å². The number of likely N-dealkylation sites (tertiary alicyclic amines) is 1. The molecule has 0 bridgehead atoms. The van der Waals surface area contributed by atoms with Crippen LogP contribution in [0, 0.1) is 0 Å². The van der Waals surface area contributed by atoms with E-state index in [1.807, 2.05) is 18.2 Å².